The zero-order valence-corrected chi connectivity index (χ0v) is 45.8. The minimum Gasteiger partial charge on any atom is -0.462 e. The average Bonchev–Trinajstić information content (AvgIpc) is 3.35. The summed E-state index contributed by atoms with van der Waals surface area (Å²) in [6.45, 7) is 6.51. The molecule has 0 heterocycles. The molecular weight excluding hydrogens is 853 g/mol. The van der Waals surface area contributed by atoms with Gasteiger partial charge in [0, 0.05) is 19.3 Å². The van der Waals surface area contributed by atoms with E-state index in [9.17, 15) is 14.4 Å². The smallest absolute Gasteiger partial charge is 0.306 e. The first-order valence-corrected chi connectivity index (χ1v) is 29.8. The van der Waals surface area contributed by atoms with Crippen LogP contribution in [0, 0.1) is 0 Å². The quantitative estimate of drug-likeness (QED) is 0.0262. The molecule has 1 atom stereocenters. The highest BCUT2D eigenvalue weighted by Gasteiger charge is 2.19. The highest BCUT2D eigenvalue weighted by molar-refractivity contribution is 5.71. The summed E-state index contributed by atoms with van der Waals surface area (Å²) in [5, 5.41) is 0. The molecule has 0 N–H and O–H groups in total. The lowest BCUT2D eigenvalue weighted by molar-refractivity contribution is -0.167. The molecule has 0 amide bonds. The lowest BCUT2D eigenvalue weighted by atomic mass is 10.0. The van der Waals surface area contributed by atoms with Crippen molar-refractivity contribution in [1.82, 2.24) is 0 Å². The van der Waals surface area contributed by atoms with Gasteiger partial charge in [-0.05, 0) is 83.5 Å². The van der Waals surface area contributed by atoms with Crippen LogP contribution < -0.4 is 0 Å². The largest absolute Gasteiger partial charge is 0.462 e. The van der Waals surface area contributed by atoms with E-state index in [-0.39, 0.29) is 31.1 Å². The predicted molar refractivity (Wildman–Crippen MR) is 298 cm³/mol. The van der Waals surface area contributed by atoms with Gasteiger partial charge in [0.25, 0.3) is 0 Å². The summed E-state index contributed by atoms with van der Waals surface area (Å²) in [5.41, 5.74) is 0. The number of hydrogen-bond donors (Lipinski definition) is 0. The first-order chi connectivity index (χ1) is 34.0. The summed E-state index contributed by atoms with van der Waals surface area (Å²) in [6.07, 6.45) is 72.4. The van der Waals surface area contributed by atoms with Crippen molar-refractivity contribution in [3.8, 4) is 0 Å². The molecule has 0 aliphatic rings. The van der Waals surface area contributed by atoms with Crippen molar-refractivity contribution >= 4 is 17.9 Å². The normalized spacial score (nSPS) is 12.4. The molecule has 0 radical (unpaired) electrons. The van der Waals surface area contributed by atoms with Crippen LogP contribution in [0.3, 0.4) is 0 Å². The van der Waals surface area contributed by atoms with Crippen molar-refractivity contribution in [2.45, 2.75) is 309 Å². The van der Waals surface area contributed by atoms with Crippen LogP contribution in [0.2, 0.25) is 0 Å². The number of hydrogen-bond acceptors (Lipinski definition) is 6. The van der Waals surface area contributed by atoms with E-state index in [0.29, 0.717) is 19.3 Å². The van der Waals surface area contributed by atoms with E-state index in [0.717, 1.165) is 96.3 Å². The number of carbonyl (C=O) groups excluding carboxylic acids is 3. The van der Waals surface area contributed by atoms with Crippen molar-refractivity contribution in [1.29, 1.82) is 0 Å². The molecule has 0 aliphatic heterocycles. The van der Waals surface area contributed by atoms with Crippen LogP contribution in [-0.2, 0) is 28.6 Å². The molecule has 6 heteroatoms. The number of allylic oxidation sites excluding steroid dienone is 10. The number of unbranched alkanes of at least 4 members (excludes halogenated alkanes) is 33. The van der Waals surface area contributed by atoms with Crippen LogP contribution in [0.4, 0.5) is 0 Å². The van der Waals surface area contributed by atoms with Gasteiger partial charge in [0.05, 0.1) is 0 Å². The lowest BCUT2D eigenvalue weighted by Crippen LogP contribution is -2.30. The fraction of sp³-hybridized carbons (Fsp3) is 0.794. The Morgan fingerprint density at radius 2 is 0.565 bits per heavy atom. The van der Waals surface area contributed by atoms with E-state index in [1.807, 2.05) is 0 Å². The predicted octanol–water partition coefficient (Wildman–Crippen LogP) is 20.0. The van der Waals surface area contributed by atoms with Gasteiger partial charge >= 0.3 is 17.9 Å². The van der Waals surface area contributed by atoms with Crippen LogP contribution in [0.25, 0.3) is 0 Å². The summed E-state index contributed by atoms with van der Waals surface area (Å²) in [7, 11) is 0. The van der Waals surface area contributed by atoms with Crippen molar-refractivity contribution in [2.24, 2.45) is 0 Å². The molecule has 0 rings (SSSR count). The van der Waals surface area contributed by atoms with Crippen LogP contribution in [0.1, 0.15) is 303 Å². The second-order valence-corrected chi connectivity index (χ2v) is 19.9. The Labute approximate surface area is 428 Å². The monoisotopic (exact) mass is 965 g/mol. The highest BCUT2D eigenvalue weighted by Crippen LogP contribution is 2.16. The van der Waals surface area contributed by atoms with Crippen molar-refractivity contribution in [2.75, 3.05) is 13.2 Å². The maximum Gasteiger partial charge on any atom is 0.306 e. The summed E-state index contributed by atoms with van der Waals surface area (Å²) in [6, 6.07) is 0. The fourth-order valence-corrected chi connectivity index (χ4v) is 8.55. The number of rotatable bonds is 54. The van der Waals surface area contributed by atoms with Gasteiger partial charge in [0.2, 0.25) is 0 Å². The second kappa shape index (κ2) is 57.7. The number of carbonyl (C=O) groups is 3. The zero-order valence-electron chi connectivity index (χ0n) is 45.8. The SMILES string of the molecule is CC/C=C\C/C=C\C/C=C\C/C=C\CCCCCCCCCCCCCCCCCCC(=O)OCC(COC(=O)CCCCCCCCCCCC)OC(=O)CCCCCCC/C=C\CCCCC. The van der Waals surface area contributed by atoms with Crippen LogP contribution in [0.15, 0.2) is 60.8 Å². The molecule has 0 fully saturated rings. The second-order valence-electron chi connectivity index (χ2n) is 19.9. The van der Waals surface area contributed by atoms with Gasteiger partial charge < -0.3 is 14.2 Å². The summed E-state index contributed by atoms with van der Waals surface area (Å²) in [5.74, 6) is -0.872. The maximum absolute atomic E-state index is 12.8. The minimum atomic E-state index is -0.773. The van der Waals surface area contributed by atoms with E-state index in [4.69, 9.17) is 14.2 Å². The van der Waals surface area contributed by atoms with Gasteiger partial charge in [0.15, 0.2) is 6.10 Å². The van der Waals surface area contributed by atoms with Gasteiger partial charge in [-0.1, -0.05) is 261 Å². The Balaban J connectivity index is 4.10. The highest BCUT2D eigenvalue weighted by atomic mass is 16.6. The van der Waals surface area contributed by atoms with E-state index in [1.165, 1.54) is 167 Å². The lowest BCUT2D eigenvalue weighted by Gasteiger charge is -2.18. The average molecular weight is 966 g/mol. The number of ether oxygens (including phenoxy) is 3. The Bertz CT molecular complexity index is 1250. The molecule has 0 aromatic heterocycles. The van der Waals surface area contributed by atoms with Gasteiger partial charge in [-0.3, -0.25) is 14.4 Å². The molecule has 0 saturated heterocycles. The summed E-state index contributed by atoms with van der Waals surface area (Å²) in [4.78, 5) is 38.0. The molecule has 0 saturated carbocycles. The van der Waals surface area contributed by atoms with Crippen LogP contribution in [-0.4, -0.2) is 37.2 Å². The maximum atomic E-state index is 12.8. The topological polar surface area (TPSA) is 78.9 Å². The van der Waals surface area contributed by atoms with Gasteiger partial charge in [-0.2, -0.15) is 0 Å². The molecule has 0 spiro atoms. The van der Waals surface area contributed by atoms with Crippen molar-refractivity contribution in [3.63, 3.8) is 0 Å². The summed E-state index contributed by atoms with van der Waals surface area (Å²) >= 11 is 0. The van der Waals surface area contributed by atoms with E-state index >= 15 is 0 Å². The Morgan fingerprint density at radius 3 is 0.928 bits per heavy atom. The van der Waals surface area contributed by atoms with Gasteiger partial charge in [-0.15, -0.1) is 0 Å². The molecule has 400 valence electrons. The van der Waals surface area contributed by atoms with E-state index in [1.54, 1.807) is 0 Å². The Hall–Kier alpha value is -2.89. The van der Waals surface area contributed by atoms with Crippen molar-refractivity contribution < 1.29 is 28.6 Å². The van der Waals surface area contributed by atoms with Gasteiger partial charge in [0.1, 0.15) is 13.2 Å². The number of esters is 3. The van der Waals surface area contributed by atoms with E-state index < -0.39 is 6.10 Å². The first kappa shape index (κ1) is 66.1. The standard InChI is InChI=1S/C63H112O6/c1-4-7-10-13-16-19-22-24-25-26-27-28-29-30-31-32-33-34-35-36-37-38-39-40-42-44-47-50-53-56-62(65)68-59-60(58-67-61(64)55-52-49-46-43-21-18-15-12-9-6-3)69-63(66)57-54-51-48-45-41-23-20-17-14-11-8-5-2/h7,10,16-17,19-20,24-25,27-28,60H,4-6,8-9,11-15,18,21-23,26,29-59H2,1-3H3/b10-7-,19-16-,20-17-,25-24-,28-27-. The molecule has 0 aromatic carbocycles. The first-order valence-electron chi connectivity index (χ1n) is 29.8. The molecule has 69 heavy (non-hydrogen) atoms. The molecule has 1 unspecified atom stereocenters. The summed E-state index contributed by atoms with van der Waals surface area (Å²) < 4.78 is 16.8. The van der Waals surface area contributed by atoms with Gasteiger partial charge in [-0.25, -0.2) is 0 Å². The van der Waals surface area contributed by atoms with Crippen molar-refractivity contribution in [3.05, 3.63) is 60.8 Å². The Kier molecular flexibility index (Phi) is 55.3. The van der Waals surface area contributed by atoms with Crippen LogP contribution in [0.5, 0.6) is 0 Å². The molecule has 0 bridgehead atoms. The third-order valence-electron chi connectivity index (χ3n) is 13.0. The third kappa shape index (κ3) is 55.9. The molecule has 0 aromatic rings. The molecule has 6 nitrogen and oxygen atoms in total. The molecular formula is C63H112O6. The van der Waals surface area contributed by atoms with E-state index in [2.05, 4.69) is 81.5 Å². The minimum absolute atomic E-state index is 0.0732. The molecule has 0 aliphatic carbocycles. The fourth-order valence-electron chi connectivity index (χ4n) is 8.55. The zero-order chi connectivity index (χ0) is 50.0. The third-order valence-corrected chi connectivity index (χ3v) is 13.0. The Morgan fingerprint density at radius 1 is 0.304 bits per heavy atom. The van der Waals surface area contributed by atoms with Crippen LogP contribution >= 0.6 is 0 Å².